The molecular weight excluding hydrogens is 370 g/mol. The molecule has 0 aliphatic carbocycles. The Bertz CT molecular complexity index is 1140. The smallest absolute Gasteiger partial charge is 0.253 e. The number of fused-ring (bicyclic) bond motifs is 1. The normalized spacial score (nSPS) is 11.2. The highest BCUT2D eigenvalue weighted by molar-refractivity contribution is 5.94. The predicted octanol–water partition coefficient (Wildman–Crippen LogP) is 5.16. The van der Waals surface area contributed by atoms with Crippen molar-refractivity contribution in [3.63, 3.8) is 0 Å². The number of benzene rings is 3. The number of para-hydroxylation sites is 2. The van der Waals surface area contributed by atoms with Gasteiger partial charge < -0.3 is 9.47 Å². The summed E-state index contributed by atoms with van der Waals surface area (Å²) < 4.78 is 2.28. The van der Waals surface area contributed by atoms with Crippen molar-refractivity contribution in [2.45, 2.75) is 32.9 Å². The van der Waals surface area contributed by atoms with E-state index in [4.69, 9.17) is 4.98 Å². The zero-order valence-corrected chi connectivity index (χ0v) is 17.7. The third kappa shape index (κ3) is 4.13. The van der Waals surface area contributed by atoms with Crippen molar-refractivity contribution in [1.29, 1.82) is 0 Å². The van der Waals surface area contributed by atoms with Crippen molar-refractivity contribution in [3.8, 4) is 0 Å². The molecule has 1 aromatic heterocycles. The number of carbonyl (C=O) groups is 1. The van der Waals surface area contributed by atoms with Crippen LogP contribution in [0.25, 0.3) is 11.0 Å². The molecule has 1 heterocycles. The van der Waals surface area contributed by atoms with Crippen LogP contribution in [0.5, 0.6) is 0 Å². The Morgan fingerprint density at radius 1 is 0.900 bits per heavy atom. The first-order valence-electron chi connectivity index (χ1n) is 10.4. The Labute approximate surface area is 177 Å². The first kappa shape index (κ1) is 19.9. The fraction of sp³-hybridized carbons (Fsp3) is 0.231. The van der Waals surface area contributed by atoms with Crippen molar-refractivity contribution in [2.24, 2.45) is 0 Å². The van der Waals surface area contributed by atoms with Crippen LogP contribution in [-0.2, 0) is 13.0 Å². The highest BCUT2D eigenvalue weighted by Gasteiger charge is 2.15. The molecule has 0 saturated heterocycles. The van der Waals surface area contributed by atoms with Crippen LogP contribution in [0.3, 0.4) is 0 Å². The summed E-state index contributed by atoms with van der Waals surface area (Å²) in [5, 5.41) is 0. The summed E-state index contributed by atoms with van der Waals surface area (Å²) in [6.07, 6.45) is 0.783. The van der Waals surface area contributed by atoms with Crippen molar-refractivity contribution >= 4 is 16.9 Å². The average molecular weight is 398 g/mol. The summed E-state index contributed by atoms with van der Waals surface area (Å²) in [5.74, 6) is 1.09. The van der Waals surface area contributed by atoms with Gasteiger partial charge in [-0.2, -0.15) is 0 Å². The Kier molecular flexibility index (Phi) is 5.66. The highest BCUT2D eigenvalue weighted by Crippen LogP contribution is 2.21. The van der Waals surface area contributed by atoms with E-state index in [-0.39, 0.29) is 11.9 Å². The minimum Gasteiger partial charge on any atom is -0.339 e. The lowest BCUT2D eigenvalue weighted by atomic mass is 10.1. The van der Waals surface area contributed by atoms with Crippen molar-refractivity contribution in [3.05, 3.63) is 101 Å². The maximum Gasteiger partial charge on any atom is 0.253 e. The second-order valence-corrected chi connectivity index (χ2v) is 7.97. The second kappa shape index (κ2) is 8.54. The van der Waals surface area contributed by atoms with Gasteiger partial charge in [-0.05, 0) is 49.2 Å². The molecule has 152 valence electrons. The molecular formula is C26H27N3O. The standard InChI is InChI=1S/C26H27N3O/c1-19(2)28(3)26(30)22-15-13-21(14-16-22)18-29-24-12-8-7-11-23(24)27-25(29)17-20-9-5-4-6-10-20/h4-16,19H,17-18H2,1-3H3. The summed E-state index contributed by atoms with van der Waals surface area (Å²) in [4.78, 5) is 19.2. The molecule has 0 aliphatic heterocycles. The van der Waals surface area contributed by atoms with Gasteiger partial charge in [0.25, 0.3) is 5.91 Å². The molecule has 0 radical (unpaired) electrons. The third-order valence-corrected chi connectivity index (χ3v) is 5.58. The zero-order valence-electron chi connectivity index (χ0n) is 17.7. The number of amides is 1. The van der Waals surface area contributed by atoms with Crippen LogP contribution < -0.4 is 0 Å². The molecule has 4 nitrogen and oxygen atoms in total. The van der Waals surface area contributed by atoms with E-state index in [1.54, 1.807) is 4.90 Å². The van der Waals surface area contributed by atoms with Gasteiger partial charge >= 0.3 is 0 Å². The Morgan fingerprint density at radius 2 is 1.57 bits per heavy atom. The SMILES string of the molecule is CC(C)N(C)C(=O)c1ccc(Cn2c(Cc3ccccc3)nc3ccccc32)cc1. The van der Waals surface area contributed by atoms with E-state index in [9.17, 15) is 4.79 Å². The van der Waals surface area contributed by atoms with Crippen molar-refractivity contribution in [2.75, 3.05) is 7.05 Å². The second-order valence-electron chi connectivity index (χ2n) is 7.97. The summed E-state index contributed by atoms with van der Waals surface area (Å²) in [6.45, 7) is 4.76. The number of carbonyl (C=O) groups excluding carboxylic acids is 1. The highest BCUT2D eigenvalue weighted by atomic mass is 16.2. The Hall–Kier alpha value is -3.40. The van der Waals surface area contributed by atoms with Gasteiger partial charge in [0, 0.05) is 31.6 Å². The topological polar surface area (TPSA) is 38.1 Å². The van der Waals surface area contributed by atoms with Gasteiger partial charge in [0.15, 0.2) is 0 Å². The summed E-state index contributed by atoms with van der Waals surface area (Å²) in [5.41, 5.74) is 5.25. The molecule has 0 unspecified atom stereocenters. The first-order valence-corrected chi connectivity index (χ1v) is 10.4. The van der Waals surface area contributed by atoms with Crippen molar-refractivity contribution < 1.29 is 4.79 Å². The lowest BCUT2D eigenvalue weighted by Crippen LogP contribution is -2.32. The fourth-order valence-corrected chi connectivity index (χ4v) is 3.59. The number of aromatic nitrogens is 2. The maximum absolute atomic E-state index is 12.6. The van der Waals surface area contributed by atoms with Crippen molar-refractivity contribution in [1.82, 2.24) is 14.5 Å². The van der Waals surface area contributed by atoms with Crippen LogP contribution in [0.2, 0.25) is 0 Å². The van der Waals surface area contributed by atoms with E-state index >= 15 is 0 Å². The largest absolute Gasteiger partial charge is 0.339 e. The number of hydrogen-bond donors (Lipinski definition) is 0. The van der Waals surface area contributed by atoms with Gasteiger partial charge in [0.05, 0.1) is 11.0 Å². The lowest BCUT2D eigenvalue weighted by Gasteiger charge is -2.21. The van der Waals surface area contributed by atoms with Crippen LogP contribution in [0.4, 0.5) is 0 Å². The van der Waals surface area contributed by atoms with E-state index in [2.05, 4.69) is 47.0 Å². The third-order valence-electron chi connectivity index (χ3n) is 5.58. The molecule has 3 aromatic carbocycles. The molecule has 0 bridgehead atoms. The number of rotatable bonds is 6. The van der Waals surface area contributed by atoms with Crippen LogP contribution in [0.1, 0.15) is 41.2 Å². The Balaban J connectivity index is 1.63. The van der Waals surface area contributed by atoms with Gasteiger partial charge in [0.2, 0.25) is 0 Å². The summed E-state index contributed by atoms with van der Waals surface area (Å²) in [7, 11) is 1.84. The molecule has 1 amide bonds. The number of nitrogens with zero attached hydrogens (tertiary/aromatic N) is 3. The minimum absolute atomic E-state index is 0.0504. The molecule has 0 atom stereocenters. The molecule has 4 rings (SSSR count). The number of imidazole rings is 1. The number of hydrogen-bond acceptors (Lipinski definition) is 2. The monoisotopic (exact) mass is 397 g/mol. The molecule has 4 heteroatoms. The minimum atomic E-state index is 0.0504. The van der Waals surface area contributed by atoms with Crippen LogP contribution >= 0.6 is 0 Å². The fourth-order valence-electron chi connectivity index (χ4n) is 3.59. The van der Waals surface area contributed by atoms with E-state index in [0.717, 1.165) is 41.0 Å². The van der Waals surface area contributed by atoms with Crippen LogP contribution in [0, 0.1) is 0 Å². The molecule has 0 N–H and O–H groups in total. The van der Waals surface area contributed by atoms with Gasteiger partial charge in [-0.3, -0.25) is 4.79 Å². The predicted molar refractivity (Wildman–Crippen MR) is 122 cm³/mol. The zero-order chi connectivity index (χ0) is 21.1. The molecule has 0 spiro atoms. The van der Waals surface area contributed by atoms with Gasteiger partial charge in [0.1, 0.15) is 5.82 Å². The molecule has 0 saturated carbocycles. The molecule has 0 aliphatic rings. The van der Waals surface area contributed by atoms with E-state index in [1.165, 1.54) is 5.56 Å². The first-order chi connectivity index (χ1) is 14.5. The van der Waals surface area contributed by atoms with Gasteiger partial charge in [-0.25, -0.2) is 4.98 Å². The van der Waals surface area contributed by atoms with E-state index in [0.29, 0.717) is 0 Å². The van der Waals surface area contributed by atoms with E-state index < -0.39 is 0 Å². The van der Waals surface area contributed by atoms with E-state index in [1.807, 2.05) is 57.3 Å². The molecule has 30 heavy (non-hydrogen) atoms. The van der Waals surface area contributed by atoms with Crippen LogP contribution in [0.15, 0.2) is 78.9 Å². The van der Waals surface area contributed by atoms with Gasteiger partial charge in [-0.1, -0.05) is 54.6 Å². The molecule has 0 fully saturated rings. The summed E-state index contributed by atoms with van der Waals surface area (Å²) in [6, 6.07) is 26.8. The lowest BCUT2D eigenvalue weighted by molar-refractivity contribution is 0.0755. The maximum atomic E-state index is 12.6. The Morgan fingerprint density at radius 3 is 2.27 bits per heavy atom. The van der Waals surface area contributed by atoms with Crippen LogP contribution in [-0.4, -0.2) is 33.4 Å². The molecule has 4 aromatic rings. The summed E-state index contributed by atoms with van der Waals surface area (Å²) >= 11 is 0. The van der Waals surface area contributed by atoms with Gasteiger partial charge in [-0.15, -0.1) is 0 Å². The quantitative estimate of drug-likeness (QED) is 0.451. The average Bonchev–Trinajstić information content (AvgIpc) is 3.11.